The zero-order valence-corrected chi connectivity index (χ0v) is 15.0. The summed E-state index contributed by atoms with van der Waals surface area (Å²) in [6.07, 6.45) is 3.31. The number of aromatic nitrogens is 3. The van der Waals surface area contributed by atoms with Crippen LogP contribution in [-0.2, 0) is 11.2 Å². The predicted octanol–water partition coefficient (Wildman–Crippen LogP) is 2.90. The zero-order valence-electron chi connectivity index (χ0n) is 15.0. The molecule has 130 valence electrons. The summed E-state index contributed by atoms with van der Waals surface area (Å²) in [4.78, 5) is 14.6. The van der Waals surface area contributed by atoms with E-state index < -0.39 is 0 Å². The monoisotopic (exact) mass is 330 g/mol. The van der Waals surface area contributed by atoms with Crippen LogP contribution in [-0.4, -0.2) is 38.8 Å². The maximum atomic E-state index is 12.6. The van der Waals surface area contributed by atoms with Gasteiger partial charge in [-0.3, -0.25) is 9.48 Å². The second-order valence-corrected chi connectivity index (χ2v) is 6.81. The van der Waals surface area contributed by atoms with E-state index >= 15 is 0 Å². The van der Waals surface area contributed by atoms with Gasteiger partial charge in [-0.2, -0.15) is 5.10 Å². The minimum Gasteiger partial charge on any atom is -0.361 e. The summed E-state index contributed by atoms with van der Waals surface area (Å²) in [5.74, 6) is 1.03. The second-order valence-electron chi connectivity index (χ2n) is 6.81. The molecular weight excluding hydrogens is 304 g/mol. The number of hydrogen-bond acceptors (Lipinski definition) is 4. The lowest BCUT2D eigenvalue weighted by Crippen LogP contribution is -2.41. The molecule has 6 heteroatoms. The molecule has 0 spiro atoms. The van der Waals surface area contributed by atoms with Crippen LogP contribution in [0.25, 0.3) is 0 Å². The normalized spacial score (nSPS) is 18.2. The molecule has 1 aliphatic rings. The van der Waals surface area contributed by atoms with Crippen molar-refractivity contribution in [2.24, 2.45) is 0 Å². The molecule has 0 radical (unpaired) electrons. The van der Waals surface area contributed by atoms with Crippen LogP contribution in [0.1, 0.15) is 53.7 Å². The van der Waals surface area contributed by atoms with Gasteiger partial charge in [0, 0.05) is 30.8 Å². The largest absolute Gasteiger partial charge is 0.361 e. The van der Waals surface area contributed by atoms with Gasteiger partial charge in [-0.05, 0) is 53.0 Å². The van der Waals surface area contributed by atoms with Gasteiger partial charge in [0.15, 0.2) is 0 Å². The van der Waals surface area contributed by atoms with Crippen LogP contribution < -0.4 is 0 Å². The highest BCUT2D eigenvalue weighted by molar-refractivity contribution is 5.76. The first-order chi connectivity index (χ1) is 11.5. The molecule has 6 nitrogen and oxygen atoms in total. The summed E-state index contributed by atoms with van der Waals surface area (Å²) in [5.41, 5.74) is 4.16. The number of carbonyl (C=O) groups excluding carboxylic acids is 1. The van der Waals surface area contributed by atoms with Crippen LogP contribution in [0.15, 0.2) is 10.6 Å². The molecule has 3 rings (SSSR count). The van der Waals surface area contributed by atoms with Crippen molar-refractivity contribution >= 4 is 5.91 Å². The van der Waals surface area contributed by atoms with Gasteiger partial charge in [-0.1, -0.05) is 5.16 Å². The van der Waals surface area contributed by atoms with Gasteiger partial charge in [-0.15, -0.1) is 0 Å². The van der Waals surface area contributed by atoms with Crippen molar-refractivity contribution in [2.75, 3.05) is 13.1 Å². The molecule has 0 saturated carbocycles. The summed E-state index contributed by atoms with van der Waals surface area (Å²) in [6, 6.07) is 2.38. The van der Waals surface area contributed by atoms with Gasteiger partial charge >= 0.3 is 0 Å². The topological polar surface area (TPSA) is 64.2 Å². The van der Waals surface area contributed by atoms with Crippen molar-refractivity contribution in [2.45, 2.75) is 59.4 Å². The van der Waals surface area contributed by atoms with E-state index in [9.17, 15) is 4.79 Å². The van der Waals surface area contributed by atoms with Crippen molar-refractivity contribution < 1.29 is 9.32 Å². The van der Waals surface area contributed by atoms with Gasteiger partial charge in [0.05, 0.1) is 17.4 Å². The van der Waals surface area contributed by atoms with Crippen LogP contribution in [0.5, 0.6) is 0 Å². The van der Waals surface area contributed by atoms with Gasteiger partial charge < -0.3 is 9.42 Å². The molecule has 2 aromatic heterocycles. The summed E-state index contributed by atoms with van der Waals surface area (Å²) in [7, 11) is 0. The summed E-state index contributed by atoms with van der Waals surface area (Å²) < 4.78 is 7.26. The molecule has 1 aliphatic heterocycles. The maximum Gasteiger partial charge on any atom is 0.222 e. The van der Waals surface area contributed by atoms with Crippen molar-refractivity contribution in [3.05, 3.63) is 34.5 Å². The van der Waals surface area contributed by atoms with Gasteiger partial charge in [0.2, 0.25) is 5.91 Å². The molecule has 1 saturated heterocycles. The third-order valence-electron chi connectivity index (χ3n) is 4.91. The Hall–Kier alpha value is -2.11. The Kier molecular flexibility index (Phi) is 4.73. The van der Waals surface area contributed by atoms with Crippen LogP contribution in [0.3, 0.4) is 0 Å². The number of likely N-dealkylation sites (tertiary alicyclic amines) is 1. The summed E-state index contributed by atoms with van der Waals surface area (Å²) in [6.45, 7) is 9.52. The fourth-order valence-corrected chi connectivity index (χ4v) is 3.65. The number of nitrogens with zero attached hydrogens (tertiary/aromatic N) is 4. The highest BCUT2D eigenvalue weighted by Gasteiger charge is 2.26. The van der Waals surface area contributed by atoms with Gasteiger partial charge in [0.25, 0.3) is 0 Å². The minimum atomic E-state index is 0.209. The smallest absolute Gasteiger partial charge is 0.222 e. The lowest BCUT2D eigenvalue weighted by Gasteiger charge is -2.33. The van der Waals surface area contributed by atoms with E-state index in [0.717, 1.165) is 48.6 Å². The molecule has 1 atom stereocenters. The fourth-order valence-electron chi connectivity index (χ4n) is 3.65. The first kappa shape index (κ1) is 16.7. The highest BCUT2D eigenvalue weighted by atomic mass is 16.5. The molecule has 1 fully saturated rings. The average molecular weight is 330 g/mol. The standard InChI is InChI=1S/C18H26N4O2/c1-12-10-13(2)22(19-12)16-6-5-9-21(11-16)18(23)8-7-17-14(3)20-24-15(17)4/h10,16H,5-9,11H2,1-4H3/t16-/m1/s1. The Morgan fingerprint density at radius 3 is 2.75 bits per heavy atom. The lowest BCUT2D eigenvalue weighted by atomic mass is 10.0. The molecule has 0 N–H and O–H groups in total. The fraction of sp³-hybridized carbons (Fsp3) is 0.611. The van der Waals surface area contributed by atoms with Crippen molar-refractivity contribution in [3.8, 4) is 0 Å². The third kappa shape index (κ3) is 3.37. The number of rotatable bonds is 4. The molecule has 24 heavy (non-hydrogen) atoms. The number of aryl methyl sites for hydroxylation is 4. The minimum absolute atomic E-state index is 0.209. The molecule has 0 aromatic carbocycles. The molecule has 1 amide bonds. The Morgan fingerprint density at radius 1 is 1.33 bits per heavy atom. The first-order valence-corrected chi connectivity index (χ1v) is 8.68. The van der Waals surface area contributed by atoms with Crippen LogP contribution in [0, 0.1) is 27.7 Å². The number of carbonyl (C=O) groups is 1. The summed E-state index contributed by atoms with van der Waals surface area (Å²) in [5, 5.41) is 8.55. The molecule has 0 aliphatic carbocycles. The molecular formula is C18H26N4O2. The van der Waals surface area contributed by atoms with Crippen LogP contribution in [0.4, 0.5) is 0 Å². The van der Waals surface area contributed by atoms with E-state index in [1.165, 1.54) is 5.69 Å². The molecule has 0 unspecified atom stereocenters. The van der Waals surface area contributed by atoms with E-state index in [4.69, 9.17) is 4.52 Å². The zero-order chi connectivity index (χ0) is 17.3. The van der Waals surface area contributed by atoms with E-state index in [0.29, 0.717) is 12.8 Å². The maximum absolute atomic E-state index is 12.6. The summed E-state index contributed by atoms with van der Waals surface area (Å²) >= 11 is 0. The molecule has 0 bridgehead atoms. The second kappa shape index (κ2) is 6.79. The van der Waals surface area contributed by atoms with Crippen LogP contribution in [0.2, 0.25) is 0 Å². The SMILES string of the molecule is Cc1cc(C)n([C@@H]2CCCN(C(=O)CCc3c(C)noc3C)C2)n1. The lowest BCUT2D eigenvalue weighted by molar-refractivity contribution is -0.132. The third-order valence-corrected chi connectivity index (χ3v) is 4.91. The van der Waals surface area contributed by atoms with Crippen molar-refractivity contribution in [1.82, 2.24) is 19.8 Å². The molecule has 2 aromatic rings. The van der Waals surface area contributed by atoms with Gasteiger partial charge in [0.1, 0.15) is 5.76 Å². The average Bonchev–Trinajstić information content (AvgIpc) is 3.07. The molecule has 3 heterocycles. The Bertz CT molecular complexity index is 712. The Balaban J connectivity index is 1.62. The first-order valence-electron chi connectivity index (χ1n) is 8.68. The van der Waals surface area contributed by atoms with Crippen molar-refractivity contribution in [1.29, 1.82) is 0 Å². The van der Waals surface area contributed by atoms with Crippen molar-refractivity contribution in [3.63, 3.8) is 0 Å². The van der Waals surface area contributed by atoms with Crippen LogP contribution >= 0.6 is 0 Å². The van der Waals surface area contributed by atoms with E-state index in [1.54, 1.807) is 0 Å². The number of hydrogen-bond donors (Lipinski definition) is 0. The Labute approximate surface area is 142 Å². The van der Waals surface area contributed by atoms with E-state index in [-0.39, 0.29) is 11.9 Å². The number of amides is 1. The van der Waals surface area contributed by atoms with Gasteiger partial charge in [-0.25, -0.2) is 0 Å². The number of piperidine rings is 1. The van der Waals surface area contributed by atoms with E-state index in [1.807, 2.05) is 25.7 Å². The van der Waals surface area contributed by atoms with E-state index in [2.05, 4.69) is 27.9 Å². The quantitative estimate of drug-likeness (QED) is 0.864. The highest BCUT2D eigenvalue weighted by Crippen LogP contribution is 2.24. The predicted molar refractivity (Wildman–Crippen MR) is 90.9 cm³/mol. The Morgan fingerprint density at radius 2 is 2.12 bits per heavy atom.